The van der Waals surface area contributed by atoms with Crippen LogP contribution in [0.15, 0.2) is 78.8 Å². The normalized spacial score (nSPS) is 12.1. The number of benzene rings is 4. The molecule has 0 heterocycles. The van der Waals surface area contributed by atoms with Crippen molar-refractivity contribution in [2.45, 2.75) is 16.2 Å². The maximum Gasteiger partial charge on any atom is 0.334 e. The minimum Gasteiger partial charge on any atom is -0.508 e. The first-order chi connectivity index (χ1) is 22.7. The Morgan fingerprint density at radius 2 is 1.02 bits per heavy atom. The van der Waals surface area contributed by atoms with Crippen molar-refractivity contribution < 1.29 is 66.4 Å². The second kappa shape index (κ2) is 13.0. The summed E-state index contributed by atoms with van der Waals surface area (Å²) in [5.41, 5.74) is -4.96. The van der Waals surface area contributed by atoms with Crippen LogP contribution in [0.2, 0.25) is 0 Å². The fraction of sp³-hybridized carbons (Fsp3) is 0.0400. The zero-order valence-corrected chi connectivity index (χ0v) is 25.3. The van der Waals surface area contributed by atoms with Crippen molar-refractivity contribution in [1.29, 1.82) is 0 Å². The first-order valence-corrected chi connectivity index (χ1v) is 15.5. The lowest BCUT2D eigenvalue weighted by molar-refractivity contribution is -0.388. The Bertz CT molecular complexity index is 2340. The number of phenolic OH excluding ortho intramolecular Hbond substituents is 6. The molecule has 24 heteroatoms. The van der Waals surface area contributed by atoms with Crippen molar-refractivity contribution in [1.82, 2.24) is 0 Å². The molecule has 0 saturated heterocycles. The van der Waals surface area contributed by atoms with Gasteiger partial charge in [0.2, 0.25) is 10.6 Å². The summed E-state index contributed by atoms with van der Waals surface area (Å²) >= 11 is 0. The first kappa shape index (κ1) is 35.4. The number of phenols is 6. The van der Waals surface area contributed by atoms with Crippen molar-refractivity contribution in [2.75, 3.05) is 0 Å². The molecule has 0 radical (unpaired) electrons. The van der Waals surface area contributed by atoms with E-state index in [2.05, 4.69) is 20.5 Å². The van der Waals surface area contributed by atoms with E-state index in [1.165, 1.54) is 0 Å². The molecule has 0 aliphatic heterocycles. The Morgan fingerprint density at radius 1 is 0.571 bits per heavy atom. The largest absolute Gasteiger partial charge is 0.508 e. The molecule has 0 saturated carbocycles. The second-order valence-electron chi connectivity index (χ2n) is 9.54. The zero-order chi connectivity index (χ0) is 36.6. The van der Waals surface area contributed by atoms with Crippen LogP contribution in [-0.2, 0) is 26.7 Å². The Hall–Kier alpha value is -6.50. The van der Waals surface area contributed by atoms with Gasteiger partial charge in [0.25, 0.3) is 5.69 Å². The number of nitro groups is 2. The maximum absolute atomic E-state index is 11.6. The highest BCUT2D eigenvalue weighted by Crippen LogP contribution is 2.44. The number of rotatable bonds is 10. The minimum atomic E-state index is -5.32. The van der Waals surface area contributed by atoms with E-state index in [0.717, 1.165) is 36.4 Å². The summed E-state index contributed by atoms with van der Waals surface area (Å²) in [5, 5.41) is 98.7. The Labute approximate surface area is 271 Å². The molecule has 0 aliphatic rings. The van der Waals surface area contributed by atoms with Gasteiger partial charge in [-0.3, -0.25) is 29.3 Å². The van der Waals surface area contributed by atoms with E-state index in [0.29, 0.717) is 12.1 Å². The summed E-state index contributed by atoms with van der Waals surface area (Å²) in [5.74, 6) is -5.20. The summed E-state index contributed by atoms with van der Waals surface area (Å²) in [7, 11) is -10.4. The third-order valence-electron chi connectivity index (χ3n) is 6.36. The molecule has 4 aromatic carbocycles. The van der Waals surface area contributed by atoms with Crippen LogP contribution in [0.5, 0.6) is 34.5 Å². The molecule has 0 unspecified atom stereocenters. The Morgan fingerprint density at radius 3 is 1.45 bits per heavy atom. The van der Waals surface area contributed by atoms with Gasteiger partial charge in [0.15, 0.2) is 10.6 Å². The first-order valence-electron chi connectivity index (χ1n) is 12.6. The van der Waals surface area contributed by atoms with Crippen molar-refractivity contribution in [3.8, 4) is 34.5 Å². The van der Waals surface area contributed by atoms with E-state index in [1.807, 2.05) is 0 Å². The van der Waals surface area contributed by atoms with Gasteiger partial charge in [0.1, 0.15) is 45.7 Å². The smallest absolute Gasteiger partial charge is 0.334 e. The molecule has 4 rings (SSSR count). The van der Waals surface area contributed by atoms with Crippen molar-refractivity contribution in [2.24, 2.45) is 20.5 Å². The van der Waals surface area contributed by atoms with Gasteiger partial charge in [0.05, 0.1) is 9.85 Å². The van der Waals surface area contributed by atoms with Crippen LogP contribution >= 0.6 is 0 Å². The fourth-order valence-corrected chi connectivity index (χ4v) is 5.54. The second-order valence-corrected chi connectivity index (χ2v) is 12.3. The number of nitro benzene ring substituents is 2. The van der Waals surface area contributed by atoms with Gasteiger partial charge < -0.3 is 30.6 Å². The number of azo groups is 2. The summed E-state index contributed by atoms with van der Waals surface area (Å²) in [6, 6.07) is 6.34. The quantitative estimate of drug-likeness (QED) is 0.0477. The van der Waals surface area contributed by atoms with Gasteiger partial charge in [0, 0.05) is 35.7 Å². The standard InChI is InChI=1S/C25H18N6O16S2/c32-17-8-19(34)14(28-26-12-2-4-21(48(42,43)44)22(23(12)36)31(40)41)6-10(17)5-11-7-15(20(35)9-18(11)33)29-27-13-1-3-16(30(38)39)25(24(13)37)49(45,46)47/h1-4,6-9,32-37H,5H2,(H,42,43,44)(H,45,46,47). The summed E-state index contributed by atoms with van der Waals surface area (Å²) in [6.45, 7) is 0. The van der Waals surface area contributed by atoms with Crippen molar-refractivity contribution in [3.05, 3.63) is 79.9 Å². The van der Waals surface area contributed by atoms with E-state index in [-0.39, 0.29) is 11.1 Å². The molecular formula is C25H18N6O16S2. The molecule has 0 atom stereocenters. The van der Waals surface area contributed by atoms with E-state index in [4.69, 9.17) is 0 Å². The van der Waals surface area contributed by atoms with Gasteiger partial charge >= 0.3 is 25.9 Å². The van der Waals surface area contributed by atoms with Crippen LogP contribution in [0.25, 0.3) is 0 Å². The highest BCUT2D eigenvalue weighted by atomic mass is 32.2. The van der Waals surface area contributed by atoms with E-state index in [9.17, 15) is 76.8 Å². The van der Waals surface area contributed by atoms with E-state index >= 15 is 0 Å². The summed E-state index contributed by atoms with van der Waals surface area (Å²) in [6.07, 6.45) is -0.404. The lowest BCUT2D eigenvalue weighted by Gasteiger charge is -2.10. The van der Waals surface area contributed by atoms with Crippen LogP contribution in [0.3, 0.4) is 0 Å². The van der Waals surface area contributed by atoms with Crippen molar-refractivity contribution >= 4 is 54.4 Å². The van der Waals surface area contributed by atoms with Crippen molar-refractivity contribution in [3.63, 3.8) is 0 Å². The van der Waals surface area contributed by atoms with E-state index in [1.54, 1.807) is 0 Å². The van der Waals surface area contributed by atoms with Crippen LogP contribution in [0, 0.1) is 20.2 Å². The fourth-order valence-electron chi connectivity index (χ4n) is 4.13. The maximum atomic E-state index is 11.6. The van der Waals surface area contributed by atoms with Gasteiger partial charge in [-0.25, -0.2) is 0 Å². The molecular weight excluding hydrogens is 704 g/mol. The van der Waals surface area contributed by atoms with Crippen LogP contribution in [0.1, 0.15) is 11.1 Å². The lowest BCUT2D eigenvalue weighted by atomic mass is 10.0. The molecule has 256 valence electrons. The molecule has 22 nitrogen and oxygen atoms in total. The van der Waals surface area contributed by atoms with E-state index < -0.39 is 115 Å². The van der Waals surface area contributed by atoms with Gasteiger partial charge in [-0.15, -0.1) is 20.5 Å². The lowest BCUT2D eigenvalue weighted by Crippen LogP contribution is -2.03. The Kier molecular flexibility index (Phi) is 9.34. The monoisotopic (exact) mass is 722 g/mol. The topological polar surface area (TPSA) is 366 Å². The summed E-state index contributed by atoms with van der Waals surface area (Å²) in [4.78, 5) is 17.3. The average molecular weight is 723 g/mol. The minimum absolute atomic E-state index is 0.0849. The van der Waals surface area contributed by atoms with Crippen LogP contribution in [-0.4, -0.2) is 66.4 Å². The Balaban J connectivity index is 1.70. The van der Waals surface area contributed by atoms with Crippen LogP contribution in [0.4, 0.5) is 34.1 Å². The molecule has 0 aliphatic carbocycles. The number of nitrogens with zero attached hydrogens (tertiary/aromatic N) is 6. The summed E-state index contributed by atoms with van der Waals surface area (Å²) < 4.78 is 64.7. The molecule has 0 spiro atoms. The molecule has 0 bridgehead atoms. The van der Waals surface area contributed by atoms with Gasteiger partial charge in [-0.2, -0.15) is 16.8 Å². The highest BCUT2D eigenvalue weighted by molar-refractivity contribution is 7.86. The highest BCUT2D eigenvalue weighted by Gasteiger charge is 2.31. The number of hydrogen-bond acceptors (Lipinski definition) is 18. The number of aromatic hydroxyl groups is 6. The predicted molar refractivity (Wildman–Crippen MR) is 160 cm³/mol. The SMILES string of the molecule is O=[N+]([O-])c1ccc(N=Nc2cc(Cc3cc(N=Nc4ccc(S(=O)(=O)O)c([N+](=O)[O-])c4O)c(O)cc3O)c(O)cc2O)c(O)c1S(=O)(=O)O. The molecule has 49 heavy (non-hydrogen) atoms. The van der Waals surface area contributed by atoms with Gasteiger partial charge in [-0.1, -0.05) is 0 Å². The molecule has 0 aromatic heterocycles. The van der Waals surface area contributed by atoms with Gasteiger partial charge in [-0.05, 0) is 30.3 Å². The van der Waals surface area contributed by atoms with Crippen LogP contribution < -0.4 is 0 Å². The molecule has 4 aromatic rings. The number of hydrogen-bond donors (Lipinski definition) is 8. The zero-order valence-electron chi connectivity index (χ0n) is 23.7. The third-order valence-corrected chi connectivity index (χ3v) is 8.16. The molecule has 0 fully saturated rings. The predicted octanol–water partition coefficient (Wildman–Crippen LogP) is 4.65. The molecule has 8 N–H and O–H groups in total. The average Bonchev–Trinajstić information content (AvgIpc) is 2.97. The molecule has 0 amide bonds. The third kappa shape index (κ3) is 7.41.